The van der Waals surface area contributed by atoms with Crippen molar-refractivity contribution in [2.24, 2.45) is 11.7 Å². The van der Waals surface area contributed by atoms with Gasteiger partial charge in [0, 0.05) is 11.7 Å². The van der Waals surface area contributed by atoms with E-state index in [1.807, 2.05) is 68.4 Å². The Hall–Kier alpha value is -2.13. The van der Waals surface area contributed by atoms with Gasteiger partial charge in [0.15, 0.2) is 0 Å². The number of benzene rings is 2. The van der Waals surface area contributed by atoms with Crippen LogP contribution in [0.4, 0.5) is 5.69 Å². The van der Waals surface area contributed by atoms with Gasteiger partial charge in [0.2, 0.25) is 5.91 Å². The van der Waals surface area contributed by atoms with E-state index in [2.05, 4.69) is 5.32 Å². The molecule has 3 N–H and O–H groups in total. The monoisotopic (exact) mass is 268 g/mol. The Balaban J connectivity index is 2.08. The minimum atomic E-state index is -0.305. The molecular formula is C17H20N2O. The van der Waals surface area contributed by atoms with Crippen molar-refractivity contribution in [3.05, 3.63) is 65.7 Å². The Morgan fingerprint density at radius 3 is 2.30 bits per heavy atom. The summed E-state index contributed by atoms with van der Waals surface area (Å²) in [4.78, 5) is 12.3. The van der Waals surface area contributed by atoms with E-state index in [1.54, 1.807) is 0 Å². The van der Waals surface area contributed by atoms with E-state index in [9.17, 15) is 4.79 Å². The first-order valence-corrected chi connectivity index (χ1v) is 6.76. The number of amides is 1. The molecule has 0 aliphatic carbocycles. The molecule has 0 aromatic heterocycles. The van der Waals surface area contributed by atoms with Gasteiger partial charge in [-0.05, 0) is 24.1 Å². The lowest BCUT2D eigenvalue weighted by molar-refractivity contribution is -0.120. The average molecular weight is 268 g/mol. The van der Waals surface area contributed by atoms with Gasteiger partial charge >= 0.3 is 0 Å². The fourth-order valence-corrected chi connectivity index (χ4v) is 2.09. The van der Waals surface area contributed by atoms with Gasteiger partial charge in [-0.2, -0.15) is 0 Å². The zero-order valence-corrected chi connectivity index (χ0v) is 11.8. The summed E-state index contributed by atoms with van der Waals surface area (Å²) in [5.74, 6) is -0.354. The van der Waals surface area contributed by atoms with Gasteiger partial charge in [-0.15, -0.1) is 0 Å². The molecule has 20 heavy (non-hydrogen) atoms. The molecule has 0 saturated carbocycles. The maximum absolute atomic E-state index is 12.3. The van der Waals surface area contributed by atoms with Crippen molar-refractivity contribution in [2.45, 2.75) is 19.9 Å². The summed E-state index contributed by atoms with van der Waals surface area (Å²) in [5, 5.41) is 2.94. The number of anilines is 1. The van der Waals surface area contributed by atoms with Crippen molar-refractivity contribution >= 4 is 11.6 Å². The van der Waals surface area contributed by atoms with E-state index in [0.717, 1.165) is 16.8 Å². The van der Waals surface area contributed by atoms with Gasteiger partial charge < -0.3 is 11.1 Å². The average Bonchev–Trinajstić information content (AvgIpc) is 2.49. The van der Waals surface area contributed by atoms with E-state index in [1.165, 1.54) is 0 Å². The van der Waals surface area contributed by atoms with Crippen LogP contribution in [0.2, 0.25) is 0 Å². The predicted octanol–water partition coefficient (Wildman–Crippen LogP) is 3.27. The number of nitrogens with one attached hydrogen (secondary N) is 1. The van der Waals surface area contributed by atoms with Crippen molar-refractivity contribution < 1.29 is 4.79 Å². The van der Waals surface area contributed by atoms with Gasteiger partial charge in [0.05, 0.1) is 5.92 Å². The maximum Gasteiger partial charge on any atom is 0.229 e. The summed E-state index contributed by atoms with van der Waals surface area (Å²) in [6, 6.07) is 17.1. The molecule has 3 heteroatoms. The van der Waals surface area contributed by atoms with Crippen LogP contribution in [0, 0.1) is 12.8 Å². The third kappa shape index (κ3) is 3.25. The minimum Gasteiger partial charge on any atom is -0.326 e. The van der Waals surface area contributed by atoms with Gasteiger partial charge in [-0.25, -0.2) is 0 Å². The zero-order valence-electron chi connectivity index (χ0n) is 11.8. The lowest BCUT2D eigenvalue weighted by atomic mass is 9.94. The summed E-state index contributed by atoms with van der Waals surface area (Å²) < 4.78 is 0. The molecule has 2 aromatic rings. The molecule has 2 unspecified atom stereocenters. The molecule has 104 valence electrons. The summed E-state index contributed by atoms with van der Waals surface area (Å²) in [6.45, 7) is 3.82. The number of hydrogen-bond acceptors (Lipinski definition) is 2. The van der Waals surface area contributed by atoms with Gasteiger partial charge in [-0.3, -0.25) is 4.79 Å². The first kappa shape index (κ1) is 14.3. The van der Waals surface area contributed by atoms with Gasteiger partial charge in [0.1, 0.15) is 0 Å². The van der Waals surface area contributed by atoms with Crippen molar-refractivity contribution in [2.75, 3.05) is 5.32 Å². The van der Waals surface area contributed by atoms with Crippen LogP contribution in [-0.2, 0) is 4.79 Å². The van der Waals surface area contributed by atoms with E-state index < -0.39 is 0 Å². The highest BCUT2D eigenvalue weighted by atomic mass is 16.1. The lowest BCUT2D eigenvalue weighted by Gasteiger charge is -2.20. The molecule has 0 saturated heterocycles. The third-order valence-corrected chi connectivity index (χ3v) is 3.54. The maximum atomic E-state index is 12.3. The molecule has 0 bridgehead atoms. The SMILES string of the molecule is Cc1ccccc1NC(=O)C(C)C(N)c1ccccc1. The van der Waals surface area contributed by atoms with Gasteiger partial charge in [0.25, 0.3) is 0 Å². The molecule has 2 aromatic carbocycles. The van der Waals surface area contributed by atoms with Crippen molar-refractivity contribution in [1.82, 2.24) is 0 Å². The molecule has 2 atom stereocenters. The second-order valence-corrected chi connectivity index (χ2v) is 5.03. The second-order valence-electron chi connectivity index (χ2n) is 5.03. The van der Waals surface area contributed by atoms with Crippen LogP contribution in [0.1, 0.15) is 24.1 Å². The molecule has 0 aliphatic rings. The Kier molecular flexibility index (Phi) is 4.53. The van der Waals surface area contributed by atoms with E-state index in [-0.39, 0.29) is 17.9 Å². The number of carbonyl (C=O) groups is 1. The highest BCUT2D eigenvalue weighted by Gasteiger charge is 2.22. The number of hydrogen-bond donors (Lipinski definition) is 2. The summed E-state index contributed by atoms with van der Waals surface area (Å²) in [6.07, 6.45) is 0. The molecule has 0 heterocycles. The fraction of sp³-hybridized carbons (Fsp3) is 0.235. The highest BCUT2D eigenvalue weighted by Crippen LogP contribution is 2.21. The van der Waals surface area contributed by atoms with Crippen molar-refractivity contribution in [3.8, 4) is 0 Å². The molecule has 3 nitrogen and oxygen atoms in total. The Labute approximate surface area is 119 Å². The fourth-order valence-electron chi connectivity index (χ4n) is 2.09. The Morgan fingerprint density at radius 2 is 1.65 bits per heavy atom. The highest BCUT2D eigenvalue weighted by molar-refractivity contribution is 5.93. The topological polar surface area (TPSA) is 55.1 Å². The predicted molar refractivity (Wildman–Crippen MR) is 82.3 cm³/mol. The minimum absolute atomic E-state index is 0.0596. The number of rotatable bonds is 4. The largest absolute Gasteiger partial charge is 0.326 e. The molecule has 0 spiro atoms. The molecule has 2 rings (SSSR count). The molecular weight excluding hydrogens is 248 g/mol. The molecule has 0 fully saturated rings. The van der Waals surface area contributed by atoms with Crippen molar-refractivity contribution in [1.29, 1.82) is 0 Å². The first-order valence-electron chi connectivity index (χ1n) is 6.76. The number of nitrogens with two attached hydrogens (primary N) is 1. The van der Waals surface area contributed by atoms with Crippen molar-refractivity contribution in [3.63, 3.8) is 0 Å². The van der Waals surface area contributed by atoms with Crippen LogP contribution in [0.25, 0.3) is 0 Å². The number of aryl methyl sites for hydroxylation is 1. The Bertz CT molecular complexity index is 581. The van der Waals surface area contributed by atoms with Gasteiger partial charge in [-0.1, -0.05) is 55.5 Å². The first-order chi connectivity index (χ1) is 9.59. The summed E-state index contributed by atoms with van der Waals surface area (Å²) in [7, 11) is 0. The van der Waals surface area contributed by atoms with Crippen LogP contribution in [0.3, 0.4) is 0 Å². The molecule has 1 amide bonds. The van der Waals surface area contributed by atoms with E-state index in [4.69, 9.17) is 5.73 Å². The van der Waals surface area contributed by atoms with Crippen LogP contribution >= 0.6 is 0 Å². The summed E-state index contributed by atoms with van der Waals surface area (Å²) >= 11 is 0. The number of carbonyl (C=O) groups excluding carboxylic acids is 1. The number of para-hydroxylation sites is 1. The lowest BCUT2D eigenvalue weighted by Crippen LogP contribution is -2.30. The Morgan fingerprint density at radius 1 is 1.05 bits per heavy atom. The third-order valence-electron chi connectivity index (χ3n) is 3.54. The standard InChI is InChI=1S/C17H20N2O/c1-12-8-6-7-11-15(12)19-17(20)13(2)16(18)14-9-4-3-5-10-14/h3-11,13,16H,18H2,1-2H3,(H,19,20). The van der Waals surface area contributed by atoms with E-state index >= 15 is 0 Å². The van der Waals surface area contributed by atoms with Crippen LogP contribution in [0.15, 0.2) is 54.6 Å². The normalized spacial score (nSPS) is 13.6. The molecule has 0 aliphatic heterocycles. The smallest absolute Gasteiger partial charge is 0.229 e. The van der Waals surface area contributed by atoms with E-state index in [0.29, 0.717) is 0 Å². The van der Waals surface area contributed by atoms with Crippen LogP contribution in [-0.4, -0.2) is 5.91 Å². The molecule has 0 radical (unpaired) electrons. The second kappa shape index (κ2) is 6.35. The zero-order chi connectivity index (χ0) is 14.5. The van der Waals surface area contributed by atoms with Crippen LogP contribution < -0.4 is 11.1 Å². The quantitative estimate of drug-likeness (QED) is 0.894. The van der Waals surface area contributed by atoms with Crippen LogP contribution in [0.5, 0.6) is 0 Å². The summed E-state index contributed by atoms with van der Waals surface area (Å²) in [5.41, 5.74) is 9.02.